The lowest BCUT2D eigenvalue weighted by atomic mass is 10.1. The third-order valence-corrected chi connectivity index (χ3v) is 2.86. The van der Waals surface area contributed by atoms with Crippen molar-refractivity contribution in [1.29, 1.82) is 0 Å². The quantitative estimate of drug-likeness (QED) is 0.842. The first-order valence-corrected chi connectivity index (χ1v) is 5.57. The van der Waals surface area contributed by atoms with E-state index in [1.165, 1.54) is 11.1 Å². The van der Waals surface area contributed by atoms with E-state index in [1.807, 2.05) is 42.9 Å². The van der Waals surface area contributed by atoms with Gasteiger partial charge in [-0.15, -0.1) is 0 Å². The van der Waals surface area contributed by atoms with Crippen LogP contribution in [0.2, 0.25) is 0 Å². The first-order chi connectivity index (χ1) is 8.06. The van der Waals surface area contributed by atoms with Crippen molar-refractivity contribution in [3.05, 3.63) is 53.3 Å². The van der Waals surface area contributed by atoms with Crippen molar-refractivity contribution in [2.75, 3.05) is 5.32 Å². The number of carbonyl (C=O) groups is 1. The first-order valence-electron chi connectivity index (χ1n) is 5.57. The summed E-state index contributed by atoms with van der Waals surface area (Å²) in [7, 11) is 1.90. The van der Waals surface area contributed by atoms with Crippen molar-refractivity contribution < 1.29 is 4.79 Å². The normalized spacial score (nSPS) is 10.3. The molecule has 0 aliphatic heterocycles. The Morgan fingerprint density at radius 3 is 2.53 bits per heavy atom. The highest BCUT2D eigenvalue weighted by Crippen LogP contribution is 2.15. The Hall–Kier alpha value is -2.03. The molecule has 1 aromatic heterocycles. The number of carbonyl (C=O) groups excluding carboxylic acids is 1. The summed E-state index contributed by atoms with van der Waals surface area (Å²) in [6.07, 6.45) is 3.66. The number of rotatable bonds is 2. The molecule has 2 aromatic rings. The van der Waals surface area contributed by atoms with Crippen LogP contribution in [0.15, 0.2) is 36.7 Å². The summed E-state index contributed by atoms with van der Waals surface area (Å²) in [6.45, 7) is 4.09. The highest BCUT2D eigenvalue weighted by Gasteiger charge is 2.07. The second kappa shape index (κ2) is 4.45. The zero-order chi connectivity index (χ0) is 12.4. The van der Waals surface area contributed by atoms with Gasteiger partial charge in [0, 0.05) is 25.1 Å². The lowest BCUT2D eigenvalue weighted by Crippen LogP contribution is -2.11. The maximum absolute atomic E-state index is 11.9. The summed E-state index contributed by atoms with van der Waals surface area (Å²) in [5.41, 5.74) is 3.91. The highest BCUT2D eigenvalue weighted by atomic mass is 16.1. The number of anilines is 1. The highest BCUT2D eigenvalue weighted by molar-refractivity contribution is 6.04. The van der Waals surface area contributed by atoms with Gasteiger partial charge >= 0.3 is 0 Å². The number of aryl methyl sites for hydroxylation is 3. The van der Waals surface area contributed by atoms with Crippen molar-refractivity contribution >= 4 is 11.6 Å². The zero-order valence-electron chi connectivity index (χ0n) is 10.3. The molecule has 3 heteroatoms. The Balaban J connectivity index is 2.15. The molecule has 17 heavy (non-hydrogen) atoms. The third kappa shape index (κ3) is 2.56. The Labute approximate surface area is 101 Å². The molecule has 0 spiro atoms. The van der Waals surface area contributed by atoms with E-state index in [9.17, 15) is 4.79 Å². The van der Waals surface area contributed by atoms with Crippen LogP contribution in [-0.2, 0) is 7.05 Å². The van der Waals surface area contributed by atoms with E-state index < -0.39 is 0 Å². The van der Waals surface area contributed by atoms with Gasteiger partial charge < -0.3 is 9.88 Å². The van der Waals surface area contributed by atoms with Gasteiger partial charge in [0.15, 0.2) is 0 Å². The van der Waals surface area contributed by atoms with Gasteiger partial charge in [-0.3, -0.25) is 4.79 Å². The van der Waals surface area contributed by atoms with Crippen LogP contribution in [-0.4, -0.2) is 10.5 Å². The van der Waals surface area contributed by atoms with E-state index in [-0.39, 0.29) is 5.91 Å². The lowest BCUT2D eigenvalue weighted by molar-refractivity contribution is 0.102. The number of aromatic nitrogens is 1. The molecule has 0 aliphatic carbocycles. The summed E-state index contributed by atoms with van der Waals surface area (Å²) >= 11 is 0. The van der Waals surface area contributed by atoms with Crippen molar-refractivity contribution in [3.63, 3.8) is 0 Å². The SMILES string of the molecule is Cc1ccc(NC(=O)c2ccn(C)c2)cc1C. The molecule has 0 saturated heterocycles. The standard InChI is InChI=1S/C14H16N2O/c1-10-4-5-13(8-11(10)2)15-14(17)12-6-7-16(3)9-12/h4-9H,1-3H3,(H,15,17). The Morgan fingerprint density at radius 2 is 1.94 bits per heavy atom. The fraction of sp³-hybridized carbons (Fsp3) is 0.214. The van der Waals surface area contributed by atoms with Gasteiger partial charge in [0.25, 0.3) is 5.91 Å². The van der Waals surface area contributed by atoms with E-state index >= 15 is 0 Å². The molecule has 2 rings (SSSR count). The summed E-state index contributed by atoms with van der Waals surface area (Å²) < 4.78 is 1.86. The van der Waals surface area contributed by atoms with Gasteiger partial charge in [-0.2, -0.15) is 0 Å². The topological polar surface area (TPSA) is 34.0 Å². The maximum atomic E-state index is 11.9. The molecule has 1 amide bonds. The molecule has 3 nitrogen and oxygen atoms in total. The molecule has 0 saturated carbocycles. The van der Waals surface area contributed by atoms with Crippen LogP contribution in [0.4, 0.5) is 5.69 Å². The minimum Gasteiger partial charge on any atom is -0.356 e. The average molecular weight is 228 g/mol. The number of hydrogen-bond donors (Lipinski definition) is 1. The predicted molar refractivity (Wildman–Crippen MR) is 69.3 cm³/mol. The number of nitrogens with zero attached hydrogens (tertiary/aromatic N) is 1. The molecule has 0 aliphatic rings. The second-order valence-corrected chi connectivity index (χ2v) is 4.32. The van der Waals surface area contributed by atoms with Crippen LogP contribution in [0.3, 0.4) is 0 Å². The fourth-order valence-corrected chi connectivity index (χ4v) is 1.66. The summed E-state index contributed by atoms with van der Waals surface area (Å²) in [6, 6.07) is 7.71. The number of hydrogen-bond acceptors (Lipinski definition) is 1. The van der Waals surface area contributed by atoms with E-state index in [2.05, 4.69) is 12.2 Å². The summed E-state index contributed by atoms with van der Waals surface area (Å²) in [5, 5.41) is 2.89. The molecule has 1 aromatic carbocycles. The monoisotopic (exact) mass is 228 g/mol. The second-order valence-electron chi connectivity index (χ2n) is 4.32. The fourth-order valence-electron chi connectivity index (χ4n) is 1.66. The minimum absolute atomic E-state index is 0.0751. The van der Waals surface area contributed by atoms with Crippen LogP contribution in [0.1, 0.15) is 21.5 Å². The molecule has 0 radical (unpaired) electrons. The van der Waals surface area contributed by atoms with Gasteiger partial charge in [0.2, 0.25) is 0 Å². The van der Waals surface area contributed by atoms with Crippen LogP contribution in [0, 0.1) is 13.8 Å². The molecular formula is C14H16N2O. The van der Waals surface area contributed by atoms with E-state index in [0.29, 0.717) is 5.56 Å². The minimum atomic E-state index is -0.0751. The van der Waals surface area contributed by atoms with Gasteiger partial charge in [-0.1, -0.05) is 6.07 Å². The van der Waals surface area contributed by atoms with Crippen LogP contribution >= 0.6 is 0 Å². The number of nitrogens with one attached hydrogen (secondary N) is 1. The van der Waals surface area contributed by atoms with Gasteiger partial charge in [0.1, 0.15) is 0 Å². The van der Waals surface area contributed by atoms with Crippen molar-refractivity contribution in [3.8, 4) is 0 Å². The Morgan fingerprint density at radius 1 is 1.18 bits per heavy atom. The number of amides is 1. The van der Waals surface area contributed by atoms with Crippen molar-refractivity contribution in [2.24, 2.45) is 7.05 Å². The largest absolute Gasteiger partial charge is 0.356 e. The predicted octanol–water partition coefficient (Wildman–Crippen LogP) is 2.89. The van der Waals surface area contributed by atoms with Crippen molar-refractivity contribution in [1.82, 2.24) is 4.57 Å². The van der Waals surface area contributed by atoms with Crippen LogP contribution in [0.25, 0.3) is 0 Å². The molecule has 0 fully saturated rings. The summed E-state index contributed by atoms with van der Waals surface area (Å²) in [4.78, 5) is 11.9. The first kappa shape index (κ1) is 11.5. The van der Waals surface area contributed by atoms with E-state index in [0.717, 1.165) is 5.69 Å². The molecule has 1 heterocycles. The van der Waals surface area contributed by atoms with Gasteiger partial charge in [-0.25, -0.2) is 0 Å². The van der Waals surface area contributed by atoms with E-state index in [4.69, 9.17) is 0 Å². The molecule has 88 valence electrons. The Kier molecular flexibility index (Phi) is 3.00. The maximum Gasteiger partial charge on any atom is 0.257 e. The van der Waals surface area contributed by atoms with E-state index in [1.54, 1.807) is 12.3 Å². The lowest BCUT2D eigenvalue weighted by Gasteiger charge is -2.06. The molecule has 0 unspecified atom stereocenters. The van der Waals surface area contributed by atoms with Gasteiger partial charge in [0.05, 0.1) is 5.56 Å². The average Bonchev–Trinajstić information content (AvgIpc) is 2.70. The smallest absolute Gasteiger partial charge is 0.257 e. The molecule has 1 N–H and O–H groups in total. The third-order valence-electron chi connectivity index (χ3n) is 2.86. The van der Waals surface area contributed by atoms with Crippen LogP contribution < -0.4 is 5.32 Å². The Bertz CT molecular complexity index is 555. The van der Waals surface area contributed by atoms with Crippen molar-refractivity contribution in [2.45, 2.75) is 13.8 Å². The van der Waals surface area contributed by atoms with Crippen LogP contribution in [0.5, 0.6) is 0 Å². The summed E-state index contributed by atoms with van der Waals surface area (Å²) in [5.74, 6) is -0.0751. The molecule has 0 atom stereocenters. The number of benzene rings is 1. The van der Waals surface area contributed by atoms with Gasteiger partial charge in [-0.05, 0) is 43.2 Å². The zero-order valence-corrected chi connectivity index (χ0v) is 10.3. The molecular weight excluding hydrogens is 212 g/mol. The molecule has 0 bridgehead atoms.